The van der Waals surface area contributed by atoms with E-state index in [2.05, 4.69) is 31.9 Å². The number of nitrogens with two attached hydrogens (primary N) is 1. The minimum atomic E-state index is -1.34. The number of hydrogen-bond acceptors (Lipinski definition) is 26. The molecule has 2 fully saturated rings. The molecule has 2 saturated heterocycles. The fraction of sp³-hybridized carbons (Fsp3) is 0.765. The van der Waals surface area contributed by atoms with Crippen LogP contribution in [0.4, 0.5) is 0 Å². The zero-order chi connectivity index (χ0) is 62.0. The van der Waals surface area contributed by atoms with E-state index in [9.17, 15) is 57.5 Å². The Kier molecular flexibility index (Phi) is 34.7. The Hall–Kier alpha value is -6.68. The van der Waals surface area contributed by atoms with Crippen LogP contribution in [0.3, 0.4) is 0 Å². The van der Waals surface area contributed by atoms with Crippen LogP contribution in [0.15, 0.2) is 0 Å². The molecule has 6 amide bonds. The Bertz CT molecular complexity index is 2140. The third kappa shape index (κ3) is 29.9. The fourth-order valence-electron chi connectivity index (χ4n) is 8.09. The third-order valence-electron chi connectivity index (χ3n) is 11.5. The normalized spacial score (nSPS) is 22.6. The smallest absolute Gasteiger partial charge is 0.303 e. The van der Waals surface area contributed by atoms with Crippen molar-refractivity contribution in [2.24, 2.45) is 5.73 Å². The molecular formula is C51H83N7O25. The maximum atomic E-state index is 13.5. The molecule has 0 spiro atoms. The first kappa shape index (κ1) is 72.4. The zero-order valence-corrected chi connectivity index (χ0v) is 48.4. The molecule has 8 N–H and O–H groups in total. The van der Waals surface area contributed by atoms with E-state index in [1.807, 2.05) is 6.92 Å². The second-order valence-corrected chi connectivity index (χ2v) is 18.8. The maximum absolute atomic E-state index is 13.5. The lowest BCUT2D eigenvalue weighted by Gasteiger charge is -2.44. The molecule has 2 rings (SSSR count). The van der Waals surface area contributed by atoms with Crippen molar-refractivity contribution >= 4 is 71.3 Å². The summed E-state index contributed by atoms with van der Waals surface area (Å²) < 4.78 is 72.1. The van der Waals surface area contributed by atoms with Crippen LogP contribution in [0.5, 0.6) is 0 Å². The van der Waals surface area contributed by atoms with E-state index in [-0.39, 0.29) is 91.6 Å². The highest BCUT2D eigenvalue weighted by atomic mass is 16.7. The van der Waals surface area contributed by atoms with E-state index >= 15 is 0 Å². The first-order valence-corrected chi connectivity index (χ1v) is 27.0. The quantitative estimate of drug-likeness (QED) is 0.0179. The van der Waals surface area contributed by atoms with Gasteiger partial charge < -0.3 is 99.2 Å². The van der Waals surface area contributed by atoms with Crippen LogP contribution in [-0.4, -0.2) is 230 Å². The Balaban J connectivity index is 2.04. The number of esters is 6. The molecule has 83 heavy (non-hydrogen) atoms. The van der Waals surface area contributed by atoms with E-state index in [4.69, 9.17) is 67.3 Å². The zero-order valence-electron chi connectivity index (χ0n) is 48.4. The predicted molar refractivity (Wildman–Crippen MR) is 280 cm³/mol. The second-order valence-electron chi connectivity index (χ2n) is 18.8. The summed E-state index contributed by atoms with van der Waals surface area (Å²) in [6.45, 7) is 10.4. The molecule has 0 aromatic heterocycles. The van der Waals surface area contributed by atoms with Crippen molar-refractivity contribution in [3.63, 3.8) is 0 Å². The van der Waals surface area contributed by atoms with Gasteiger partial charge in [0.05, 0.1) is 52.3 Å². The second kappa shape index (κ2) is 39.7. The minimum absolute atomic E-state index is 0.0114. The van der Waals surface area contributed by atoms with Gasteiger partial charge in [-0.3, -0.25) is 57.5 Å². The summed E-state index contributed by atoms with van der Waals surface area (Å²) in [6.07, 6.45) is -10.3. The highest BCUT2D eigenvalue weighted by molar-refractivity contribution is 5.89. The van der Waals surface area contributed by atoms with E-state index in [1.54, 1.807) is 0 Å². The van der Waals surface area contributed by atoms with Crippen molar-refractivity contribution in [2.75, 3.05) is 85.7 Å². The van der Waals surface area contributed by atoms with Gasteiger partial charge in [-0.05, 0) is 19.3 Å². The van der Waals surface area contributed by atoms with Crippen LogP contribution < -0.4 is 37.6 Å². The predicted octanol–water partition coefficient (Wildman–Crippen LogP) is -3.49. The topological polar surface area (TPSA) is 423 Å². The molecule has 32 nitrogen and oxygen atoms in total. The molecule has 2 aliphatic rings. The van der Waals surface area contributed by atoms with Gasteiger partial charge in [-0.15, -0.1) is 0 Å². The Labute approximate surface area is 480 Å². The number of amides is 6. The average Bonchev–Trinajstić information content (AvgIpc) is 2.88. The van der Waals surface area contributed by atoms with Crippen LogP contribution in [0.25, 0.3) is 0 Å². The van der Waals surface area contributed by atoms with Crippen LogP contribution in [-0.2, 0) is 119 Å². The molecule has 32 heteroatoms. The maximum Gasteiger partial charge on any atom is 0.303 e. The van der Waals surface area contributed by atoms with E-state index in [0.29, 0.717) is 6.61 Å². The lowest BCUT2D eigenvalue weighted by Crippen LogP contribution is -2.66. The first-order valence-electron chi connectivity index (χ1n) is 27.0. The monoisotopic (exact) mass is 1190 g/mol. The number of carbonyl (C=O) groups is 12. The summed E-state index contributed by atoms with van der Waals surface area (Å²) in [5, 5.41) is 15.7. The molecule has 0 aromatic carbocycles. The summed E-state index contributed by atoms with van der Waals surface area (Å²) in [7, 11) is 0. The van der Waals surface area contributed by atoms with Gasteiger partial charge in [0.2, 0.25) is 35.4 Å². The molecule has 2 heterocycles. The first-order chi connectivity index (χ1) is 39.3. The lowest BCUT2D eigenvalue weighted by molar-refractivity contribution is -0.279. The Morgan fingerprint density at radius 1 is 0.458 bits per heavy atom. The summed E-state index contributed by atoms with van der Waals surface area (Å²) in [4.78, 5) is 148. The summed E-state index contributed by atoms with van der Waals surface area (Å²) in [5.41, 5.74) is 6.01. The van der Waals surface area contributed by atoms with Crippen molar-refractivity contribution in [3.05, 3.63) is 0 Å². The van der Waals surface area contributed by atoms with Crippen LogP contribution in [0, 0.1) is 0 Å². The highest BCUT2D eigenvalue weighted by Gasteiger charge is 2.53. The van der Waals surface area contributed by atoms with Crippen molar-refractivity contribution in [1.82, 2.24) is 31.9 Å². The van der Waals surface area contributed by atoms with Crippen molar-refractivity contribution in [1.29, 1.82) is 0 Å². The summed E-state index contributed by atoms with van der Waals surface area (Å²) in [6, 6.07) is -4.71. The van der Waals surface area contributed by atoms with Gasteiger partial charge in [0, 0.05) is 94.5 Å². The van der Waals surface area contributed by atoms with Gasteiger partial charge in [-0.1, -0.05) is 6.92 Å². The van der Waals surface area contributed by atoms with Crippen molar-refractivity contribution in [3.8, 4) is 0 Å². The molecule has 0 aliphatic carbocycles. The average molecular weight is 1190 g/mol. The van der Waals surface area contributed by atoms with E-state index in [0.717, 1.165) is 48.0 Å². The standard InChI is InChI=1S/C51H83N7O25/c1-10-18-71-20-16-54-48(69)36(52)11-13-41(68)58-37(49(70)55-17-21-73-23-25-75-51-43(57-29(3)60)47(81-35(9)66)45(79-33(7)64)39(83-51)27-77-31(5)62)12-14-40(67)53-15-19-72-22-24-74-50-42(56-28(2)59)46(80-34(8)65)44(78-32(6)63)38(82-50)26-76-30(4)61/h36-39,42-47,50-51H,10-27,52H2,1-9H3,(H,53,67)(H,54,69)(H,55,70)(H,56,59)(H,57,60)(H,58,68)/t36-,37-,38?,39?,42?,43?,44?,45?,46?,47?,50?,51?/m0/s1. The molecular weight excluding hydrogens is 1110 g/mol. The largest absolute Gasteiger partial charge is 0.463 e. The number of hydrogen-bond donors (Lipinski definition) is 7. The molecule has 2 aliphatic heterocycles. The lowest BCUT2D eigenvalue weighted by atomic mass is 9.96. The van der Waals surface area contributed by atoms with Crippen molar-refractivity contribution in [2.45, 2.75) is 168 Å². The highest BCUT2D eigenvalue weighted by Crippen LogP contribution is 2.29. The van der Waals surface area contributed by atoms with Gasteiger partial charge in [-0.25, -0.2) is 0 Å². The molecule has 0 bridgehead atoms. The minimum Gasteiger partial charge on any atom is -0.463 e. The SMILES string of the molecule is CCCOCCNC(=O)[C@@H](N)CCC(=O)N[C@@H](CCC(=O)NCCOCCOC1OC(COC(C)=O)C(OC(C)=O)C(OC(C)=O)C1NC(C)=O)C(=O)NCCOCCOC1OC(COC(C)=O)C(OC(C)=O)C(OC(C)=O)C1NC(C)=O. The van der Waals surface area contributed by atoms with Crippen LogP contribution >= 0.6 is 0 Å². The summed E-state index contributed by atoms with van der Waals surface area (Å²) >= 11 is 0. The van der Waals surface area contributed by atoms with Gasteiger partial charge >= 0.3 is 35.8 Å². The summed E-state index contributed by atoms with van der Waals surface area (Å²) in [5.74, 6) is -7.97. The third-order valence-corrected chi connectivity index (χ3v) is 11.5. The molecule has 10 unspecified atom stereocenters. The van der Waals surface area contributed by atoms with E-state index in [1.165, 1.54) is 13.8 Å². The molecule has 0 aromatic rings. The van der Waals surface area contributed by atoms with Gasteiger partial charge in [0.15, 0.2) is 37.0 Å². The number of rotatable bonds is 38. The van der Waals surface area contributed by atoms with Crippen molar-refractivity contribution < 1.29 is 119 Å². The number of nitrogens with one attached hydrogen (secondary N) is 6. The molecule has 12 atom stereocenters. The van der Waals surface area contributed by atoms with E-state index < -0.39 is 158 Å². The Morgan fingerprint density at radius 2 is 0.855 bits per heavy atom. The number of carbonyl (C=O) groups excluding carboxylic acids is 12. The van der Waals surface area contributed by atoms with Gasteiger partial charge in [0.1, 0.15) is 43.5 Å². The van der Waals surface area contributed by atoms with Gasteiger partial charge in [-0.2, -0.15) is 0 Å². The molecule has 0 radical (unpaired) electrons. The van der Waals surface area contributed by atoms with Gasteiger partial charge in [0.25, 0.3) is 0 Å². The molecule has 472 valence electrons. The fourth-order valence-corrected chi connectivity index (χ4v) is 8.09. The van der Waals surface area contributed by atoms with Crippen LogP contribution in [0.2, 0.25) is 0 Å². The van der Waals surface area contributed by atoms with Crippen LogP contribution in [0.1, 0.15) is 94.4 Å². The Morgan fingerprint density at radius 3 is 1.27 bits per heavy atom. The number of ether oxygens (including phenoxy) is 13. The molecule has 0 saturated carbocycles.